The summed E-state index contributed by atoms with van der Waals surface area (Å²) in [6.45, 7) is 3.39. The number of rotatable bonds is 9. The van der Waals surface area contributed by atoms with Gasteiger partial charge < -0.3 is 29.6 Å². The van der Waals surface area contributed by atoms with E-state index in [9.17, 15) is 15.0 Å². The molecule has 4 rings (SSSR count). The van der Waals surface area contributed by atoms with E-state index in [1.165, 1.54) is 0 Å². The maximum absolute atomic E-state index is 13.4. The van der Waals surface area contributed by atoms with Crippen LogP contribution in [0.5, 0.6) is 5.88 Å². The zero-order chi connectivity index (χ0) is 24.1. The monoisotopic (exact) mass is 469 g/mol. The molecule has 3 heterocycles. The van der Waals surface area contributed by atoms with Crippen LogP contribution in [0.15, 0.2) is 35.4 Å². The van der Waals surface area contributed by atoms with Gasteiger partial charge in [-0.25, -0.2) is 9.97 Å². The number of anilines is 1. The van der Waals surface area contributed by atoms with E-state index in [1.807, 2.05) is 19.1 Å². The number of nitrogens with one attached hydrogen (secondary N) is 1. The Hall–Kier alpha value is -3.08. The van der Waals surface area contributed by atoms with Crippen molar-refractivity contribution in [2.45, 2.75) is 57.4 Å². The van der Waals surface area contributed by atoms with Crippen molar-refractivity contribution in [3.63, 3.8) is 0 Å². The van der Waals surface area contributed by atoms with Crippen LogP contribution in [-0.2, 0) is 11.3 Å². The summed E-state index contributed by atoms with van der Waals surface area (Å²) in [7, 11) is 1.56. The van der Waals surface area contributed by atoms with Crippen LogP contribution >= 0.6 is 0 Å². The van der Waals surface area contributed by atoms with Gasteiger partial charge in [-0.05, 0) is 37.8 Å². The fraction of sp³-hybridized carbons (Fsp3) is 0.500. The average molecular weight is 470 g/mol. The van der Waals surface area contributed by atoms with E-state index in [2.05, 4.69) is 20.3 Å². The molecule has 0 bridgehead atoms. The maximum Gasteiger partial charge on any atom is 0.293 e. The number of fused-ring (bicyclic) bond motifs is 1. The number of aliphatic hydroxyl groups excluding tert-OH is 2. The Kier molecular flexibility index (Phi) is 7.71. The summed E-state index contributed by atoms with van der Waals surface area (Å²) >= 11 is 0. The molecule has 3 aromatic heterocycles. The predicted molar refractivity (Wildman–Crippen MR) is 128 cm³/mol. The number of aromatic nitrogens is 4. The first-order valence-electron chi connectivity index (χ1n) is 11.6. The Balaban J connectivity index is 1.71. The summed E-state index contributed by atoms with van der Waals surface area (Å²) in [6, 6.07) is 5.19. The van der Waals surface area contributed by atoms with E-state index in [-0.39, 0.29) is 17.4 Å². The summed E-state index contributed by atoms with van der Waals surface area (Å²) < 4.78 is 12.4. The lowest BCUT2D eigenvalue weighted by Gasteiger charge is -2.30. The molecule has 2 unspecified atom stereocenters. The van der Waals surface area contributed by atoms with Crippen molar-refractivity contribution in [3.8, 4) is 17.1 Å². The summed E-state index contributed by atoms with van der Waals surface area (Å²) in [4.78, 5) is 26.7. The zero-order valence-electron chi connectivity index (χ0n) is 19.5. The van der Waals surface area contributed by atoms with Crippen molar-refractivity contribution < 1.29 is 19.7 Å². The Morgan fingerprint density at radius 2 is 1.91 bits per heavy atom. The molecule has 0 aliphatic heterocycles. The Bertz CT molecular complexity index is 1160. The van der Waals surface area contributed by atoms with Crippen LogP contribution in [0, 0.1) is 0 Å². The smallest absolute Gasteiger partial charge is 0.293 e. The maximum atomic E-state index is 13.4. The van der Waals surface area contributed by atoms with Crippen molar-refractivity contribution in [2.24, 2.45) is 0 Å². The van der Waals surface area contributed by atoms with Gasteiger partial charge in [-0.2, -0.15) is 0 Å². The number of ether oxygens (including phenoxy) is 2. The highest BCUT2D eigenvalue weighted by atomic mass is 16.5. The fourth-order valence-electron chi connectivity index (χ4n) is 4.24. The van der Waals surface area contributed by atoms with Gasteiger partial charge in [0, 0.05) is 37.0 Å². The Morgan fingerprint density at radius 3 is 2.59 bits per heavy atom. The number of hydrogen-bond donors (Lipinski definition) is 3. The molecule has 0 radical (unpaired) electrons. The predicted octanol–water partition coefficient (Wildman–Crippen LogP) is 1.97. The Labute approximate surface area is 197 Å². The lowest BCUT2D eigenvalue weighted by molar-refractivity contribution is 0.0352. The molecular formula is C24H31N5O5. The molecule has 2 atom stereocenters. The van der Waals surface area contributed by atoms with Gasteiger partial charge in [0.15, 0.2) is 5.82 Å². The van der Waals surface area contributed by atoms with Crippen molar-refractivity contribution >= 4 is 16.9 Å². The van der Waals surface area contributed by atoms with Gasteiger partial charge in [0.25, 0.3) is 5.56 Å². The standard InChI is InChI=1S/C24H31N5O5/c1-3-7-34-8-6-29-21-12-19(15-4-5-22(33-2)26-13-15)25-14-20(21)28-23(24(29)32)27-16-9-17(30)11-18(31)10-16/h4-5,12-14,16-18,30-31H,3,6-11H2,1-2H3,(H,27,28). The van der Waals surface area contributed by atoms with Crippen LogP contribution in [0.2, 0.25) is 0 Å². The first kappa shape index (κ1) is 24.1. The highest BCUT2D eigenvalue weighted by Gasteiger charge is 2.27. The summed E-state index contributed by atoms with van der Waals surface area (Å²) in [5.74, 6) is 0.680. The summed E-state index contributed by atoms with van der Waals surface area (Å²) in [6.07, 6.45) is 4.19. The van der Waals surface area contributed by atoms with Crippen LogP contribution in [0.25, 0.3) is 22.3 Å². The number of hydrogen-bond acceptors (Lipinski definition) is 9. The van der Waals surface area contributed by atoms with Crippen molar-refractivity contribution in [2.75, 3.05) is 25.6 Å². The molecule has 10 nitrogen and oxygen atoms in total. The normalized spacial score (nSPS) is 20.4. The van der Waals surface area contributed by atoms with E-state index in [1.54, 1.807) is 30.1 Å². The SMILES string of the molecule is CCCOCCn1c(=O)c(NC2CC(O)CC(O)C2)nc2cnc(-c3ccc(OC)nc3)cc21. The van der Waals surface area contributed by atoms with Crippen molar-refractivity contribution in [1.82, 2.24) is 19.5 Å². The Morgan fingerprint density at radius 1 is 1.12 bits per heavy atom. The van der Waals surface area contributed by atoms with Gasteiger partial charge in [-0.15, -0.1) is 0 Å². The molecule has 0 aromatic carbocycles. The number of aliphatic hydroxyl groups is 2. The van der Waals surface area contributed by atoms with E-state index in [0.29, 0.717) is 61.6 Å². The van der Waals surface area contributed by atoms with Crippen LogP contribution in [0.3, 0.4) is 0 Å². The molecule has 1 fully saturated rings. The van der Waals surface area contributed by atoms with Gasteiger partial charge >= 0.3 is 0 Å². The van der Waals surface area contributed by atoms with Gasteiger partial charge in [-0.3, -0.25) is 9.78 Å². The van der Waals surface area contributed by atoms with Gasteiger partial charge in [0.05, 0.1) is 43.3 Å². The number of pyridine rings is 2. The largest absolute Gasteiger partial charge is 0.481 e. The average Bonchev–Trinajstić information content (AvgIpc) is 2.83. The van der Waals surface area contributed by atoms with Crippen LogP contribution < -0.4 is 15.6 Å². The second-order valence-electron chi connectivity index (χ2n) is 8.53. The number of methoxy groups -OCH3 is 1. The van der Waals surface area contributed by atoms with Crippen LogP contribution in [0.4, 0.5) is 5.82 Å². The second-order valence-corrected chi connectivity index (χ2v) is 8.53. The highest BCUT2D eigenvalue weighted by Crippen LogP contribution is 2.24. The lowest BCUT2D eigenvalue weighted by atomic mass is 9.91. The zero-order valence-corrected chi connectivity index (χ0v) is 19.5. The third-order valence-corrected chi connectivity index (χ3v) is 5.88. The lowest BCUT2D eigenvalue weighted by Crippen LogP contribution is -2.39. The highest BCUT2D eigenvalue weighted by molar-refractivity contribution is 5.80. The van der Waals surface area contributed by atoms with Gasteiger partial charge in [0.2, 0.25) is 5.88 Å². The fourth-order valence-corrected chi connectivity index (χ4v) is 4.24. The summed E-state index contributed by atoms with van der Waals surface area (Å²) in [5.41, 5.74) is 2.36. The number of nitrogens with zero attached hydrogens (tertiary/aromatic N) is 4. The quantitative estimate of drug-likeness (QED) is 0.402. The molecular weight excluding hydrogens is 438 g/mol. The van der Waals surface area contributed by atoms with Crippen LogP contribution in [-0.4, -0.2) is 68.3 Å². The molecule has 3 N–H and O–H groups in total. The minimum Gasteiger partial charge on any atom is -0.481 e. The molecule has 34 heavy (non-hydrogen) atoms. The van der Waals surface area contributed by atoms with E-state index in [0.717, 1.165) is 12.0 Å². The molecule has 3 aromatic rings. The van der Waals surface area contributed by atoms with E-state index < -0.39 is 12.2 Å². The van der Waals surface area contributed by atoms with Gasteiger partial charge in [0.1, 0.15) is 5.52 Å². The van der Waals surface area contributed by atoms with Crippen molar-refractivity contribution in [3.05, 3.63) is 40.9 Å². The minimum absolute atomic E-state index is 0.176. The third-order valence-electron chi connectivity index (χ3n) is 5.88. The van der Waals surface area contributed by atoms with E-state index >= 15 is 0 Å². The van der Waals surface area contributed by atoms with Crippen molar-refractivity contribution in [1.29, 1.82) is 0 Å². The van der Waals surface area contributed by atoms with Crippen LogP contribution in [0.1, 0.15) is 32.6 Å². The molecule has 0 amide bonds. The van der Waals surface area contributed by atoms with E-state index in [4.69, 9.17) is 9.47 Å². The molecule has 10 heteroatoms. The van der Waals surface area contributed by atoms with Gasteiger partial charge in [-0.1, -0.05) is 6.92 Å². The molecule has 1 aliphatic rings. The minimum atomic E-state index is -0.617. The molecule has 1 saturated carbocycles. The first-order valence-corrected chi connectivity index (χ1v) is 11.6. The first-order chi connectivity index (χ1) is 16.5. The molecule has 0 spiro atoms. The second kappa shape index (κ2) is 10.9. The third kappa shape index (κ3) is 5.52. The molecule has 1 aliphatic carbocycles. The molecule has 182 valence electrons. The summed E-state index contributed by atoms with van der Waals surface area (Å²) in [5, 5.41) is 23.2. The molecule has 0 saturated heterocycles. The topological polar surface area (TPSA) is 132 Å².